The molecule has 68 valence electrons. The topological polar surface area (TPSA) is 38.0 Å². The molecular formula is C8H13FN2O. The molecule has 0 aliphatic rings. The molecule has 0 bridgehead atoms. The van der Waals surface area contributed by atoms with Crippen molar-refractivity contribution in [1.82, 2.24) is 9.78 Å². The third kappa shape index (κ3) is 1.82. The number of aliphatic hydroxyl groups excluding tert-OH is 1. The molecule has 4 heteroatoms. The van der Waals surface area contributed by atoms with Crippen molar-refractivity contribution in [2.24, 2.45) is 0 Å². The zero-order chi connectivity index (χ0) is 9.19. The number of hydrogen-bond donors (Lipinski definition) is 1. The lowest BCUT2D eigenvalue weighted by molar-refractivity contribution is 0.201. The van der Waals surface area contributed by atoms with Gasteiger partial charge in [-0.1, -0.05) is 0 Å². The van der Waals surface area contributed by atoms with Gasteiger partial charge in [-0.3, -0.25) is 4.68 Å². The third-order valence-electron chi connectivity index (χ3n) is 1.89. The molecule has 0 unspecified atom stereocenters. The van der Waals surface area contributed by atoms with E-state index < -0.39 is 0 Å². The first-order chi connectivity index (χ1) is 5.56. The van der Waals surface area contributed by atoms with E-state index in [1.165, 1.54) is 17.1 Å². The van der Waals surface area contributed by atoms with Crippen molar-refractivity contribution in [2.75, 3.05) is 6.61 Å². The van der Waals surface area contributed by atoms with Gasteiger partial charge in [0.15, 0.2) is 5.82 Å². The Morgan fingerprint density at radius 3 is 2.75 bits per heavy atom. The lowest BCUT2D eigenvalue weighted by Gasteiger charge is -2.23. The molecule has 0 aromatic carbocycles. The second-order valence-electron chi connectivity index (χ2n) is 3.39. The summed E-state index contributed by atoms with van der Waals surface area (Å²) in [6, 6.07) is 0. The van der Waals surface area contributed by atoms with E-state index in [0.717, 1.165) is 0 Å². The maximum absolute atomic E-state index is 12.6. The van der Waals surface area contributed by atoms with Gasteiger partial charge in [-0.15, -0.1) is 0 Å². The molecule has 0 atom stereocenters. The Hall–Kier alpha value is -0.900. The van der Waals surface area contributed by atoms with Gasteiger partial charge in [0.25, 0.3) is 0 Å². The summed E-state index contributed by atoms with van der Waals surface area (Å²) in [6.45, 7) is 3.87. The Morgan fingerprint density at radius 2 is 2.33 bits per heavy atom. The van der Waals surface area contributed by atoms with Crippen LogP contribution in [-0.4, -0.2) is 21.5 Å². The summed E-state index contributed by atoms with van der Waals surface area (Å²) in [5.41, 5.74) is -0.320. The minimum absolute atomic E-state index is 0.0779. The number of nitrogens with zero attached hydrogens (tertiary/aromatic N) is 2. The highest BCUT2D eigenvalue weighted by atomic mass is 19.1. The Balaban J connectivity index is 2.81. The summed E-state index contributed by atoms with van der Waals surface area (Å²) in [5, 5.41) is 12.6. The number of hydrogen-bond acceptors (Lipinski definition) is 2. The molecule has 1 aromatic rings. The van der Waals surface area contributed by atoms with Gasteiger partial charge in [0.05, 0.1) is 17.9 Å². The maximum Gasteiger partial charge on any atom is 0.161 e. The molecule has 1 aromatic heterocycles. The van der Waals surface area contributed by atoms with Crippen LogP contribution in [0.15, 0.2) is 12.4 Å². The summed E-state index contributed by atoms with van der Waals surface area (Å²) in [4.78, 5) is 0. The summed E-state index contributed by atoms with van der Waals surface area (Å²) < 4.78 is 14.1. The lowest BCUT2D eigenvalue weighted by atomic mass is 10.0. The van der Waals surface area contributed by atoms with Crippen LogP contribution in [0.4, 0.5) is 4.39 Å². The summed E-state index contributed by atoms with van der Waals surface area (Å²) in [5.74, 6) is -0.346. The number of halogens is 1. The molecule has 3 nitrogen and oxygen atoms in total. The van der Waals surface area contributed by atoms with Crippen LogP contribution in [0.5, 0.6) is 0 Å². The zero-order valence-corrected chi connectivity index (χ0v) is 7.29. The van der Waals surface area contributed by atoms with Gasteiger partial charge in [-0.05, 0) is 20.3 Å². The minimum atomic E-state index is -0.346. The largest absolute Gasteiger partial charge is 0.396 e. The van der Waals surface area contributed by atoms with E-state index in [9.17, 15) is 4.39 Å². The molecular weight excluding hydrogens is 159 g/mol. The molecule has 0 spiro atoms. The second kappa shape index (κ2) is 3.23. The molecule has 1 rings (SSSR count). The van der Waals surface area contributed by atoms with Crippen LogP contribution in [0.25, 0.3) is 0 Å². The maximum atomic E-state index is 12.6. The van der Waals surface area contributed by atoms with Gasteiger partial charge in [0, 0.05) is 6.61 Å². The van der Waals surface area contributed by atoms with Crippen molar-refractivity contribution in [3.8, 4) is 0 Å². The normalized spacial score (nSPS) is 12.0. The predicted molar refractivity (Wildman–Crippen MR) is 43.2 cm³/mol. The van der Waals surface area contributed by atoms with Crippen molar-refractivity contribution in [3.05, 3.63) is 18.2 Å². The van der Waals surface area contributed by atoms with E-state index >= 15 is 0 Å². The molecule has 0 amide bonds. The van der Waals surface area contributed by atoms with Crippen molar-refractivity contribution in [2.45, 2.75) is 25.8 Å². The van der Waals surface area contributed by atoms with Crippen LogP contribution in [0.1, 0.15) is 20.3 Å². The fourth-order valence-electron chi connectivity index (χ4n) is 1.02. The summed E-state index contributed by atoms with van der Waals surface area (Å²) >= 11 is 0. The second-order valence-corrected chi connectivity index (χ2v) is 3.39. The molecule has 0 fully saturated rings. The van der Waals surface area contributed by atoms with Gasteiger partial charge in [-0.25, -0.2) is 4.39 Å². The number of aliphatic hydroxyl groups is 1. The predicted octanol–water partition coefficient (Wildman–Crippen LogP) is 1.14. The fourth-order valence-corrected chi connectivity index (χ4v) is 1.02. The van der Waals surface area contributed by atoms with Crippen LogP contribution in [0, 0.1) is 5.82 Å². The first-order valence-corrected chi connectivity index (χ1v) is 3.88. The van der Waals surface area contributed by atoms with E-state index in [0.29, 0.717) is 6.42 Å². The zero-order valence-electron chi connectivity index (χ0n) is 7.29. The Labute approximate surface area is 70.8 Å². The van der Waals surface area contributed by atoms with E-state index in [1.807, 2.05) is 13.8 Å². The molecule has 0 aliphatic heterocycles. The average molecular weight is 172 g/mol. The van der Waals surface area contributed by atoms with Gasteiger partial charge in [0.1, 0.15) is 0 Å². The van der Waals surface area contributed by atoms with E-state index in [2.05, 4.69) is 5.10 Å². The SMILES string of the molecule is CC(C)(CCO)n1cc(F)cn1. The Morgan fingerprint density at radius 1 is 1.67 bits per heavy atom. The standard InChI is InChI=1S/C8H13FN2O/c1-8(2,3-4-12)11-6-7(9)5-10-11/h5-6,12H,3-4H2,1-2H3. The fraction of sp³-hybridized carbons (Fsp3) is 0.625. The van der Waals surface area contributed by atoms with E-state index in [-0.39, 0.29) is 18.0 Å². The van der Waals surface area contributed by atoms with E-state index in [4.69, 9.17) is 5.11 Å². The Kier molecular flexibility index (Phi) is 2.47. The first kappa shape index (κ1) is 9.19. The first-order valence-electron chi connectivity index (χ1n) is 3.88. The van der Waals surface area contributed by atoms with Crippen molar-refractivity contribution < 1.29 is 9.50 Å². The van der Waals surface area contributed by atoms with Gasteiger partial charge >= 0.3 is 0 Å². The van der Waals surface area contributed by atoms with Crippen LogP contribution < -0.4 is 0 Å². The minimum Gasteiger partial charge on any atom is -0.396 e. The molecule has 1 N–H and O–H groups in total. The third-order valence-corrected chi connectivity index (χ3v) is 1.89. The van der Waals surface area contributed by atoms with Gasteiger partial charge in [-0.2, -0.15) is 5.10 Å². The van der Waals surface area contributed by atoms with Crippen LogP contribution >= 0.6 is 0 Å². The average Bonchev–Trinajstić information content (AvgIpc) is 2.36. The Bertz CT molecular complexity index is 257. The van der Waals surface area contributed by atoms with Crippen molar-refractivity contribution >= 4 is 0 Å². The quantitative estimate of drug-likeness (QED) is 0.742. The van der Waals surface area contributed by atoms with Crippen LogP contribution in [-0.2, 0) is 5.54 Å². The van der Waals surface area contributed by atoms with Crippen molar-refractivity contribution in [3.63, 3.8) is 0 Å². The monoisotopic (exact) mass is 172 g/mol. The number of rotatable bonds is 3. The molecule has 0 saturated carbocycles. The smallest absolute Gasteiger partial charge is 0.161 e. The molecule has 1 heterocycles. The summed E-state index contributed by atoms with van der Waals surface area (Å²) in [6.07, 6.45) is 3.06. The highest BCUT2D eigenvalue weighted by Gasteiger charge is 2.20. The molecule has 0 saturated heterocycles. The molecule has 0 radical (unpaired) electrons. The van der Waals surface area contributed by atoms with Crippen molar-refractivity contribution in [1.29, 1.82) is 0 Å². The van der Waals surface area contributed by atoms with Gasteiger partial charge < -0.3 is 5.11 Å². The molecule has 0 aliphatic carbocycles. The lowest BCUT2D eigenvalue weighted by Crippen LogP contribution is -2.27. The molecule has 12 heavy (non-hydrogen) atoms. The number of aromatic nitrogens is 2. The highest BCUT2D eigenvalue weighted by Crippen LogP contribution is 2.18. The van der Waals surface area contributed by atoms with E-state index in [1.54, 1.807) is 0 Å². The van der Waals surface area contributed by atoms with Crippen LogP contribution in [0.2, 0.25) is 0 Å². The highest BCUT2D eigenvalue weighted by molar-refractivity contribution is 4.89. The van der Waals surface area contributed by atoms with Crippen LogP contribution in [0.3, 0.4) is 0 Å². The summed E-state index contributed by atoms with van der Waals surface area (Å²) in [7, 11) is 0. The van der Waals surface area contributed by atoms with Gasteiger partial charge in [0.2, 0.25) is 0 Å².